The summed E-state index contributed by atoms with van der Waals surface area (Å²) in [4.78, 5) is 28.4. The van der Waals surface area contributed by atoms with Gasteiger partial charge in [0.05, 0.1) is 18.1 Å². The van der Waals surface area contributed by atoms with Crippen LogP contribution in [0.1, 0.15) is 41.5 Å². The highest BCUT2D eigenvalue weighted by atomic mass is 19.4. The van der Waals surface area contributed by atoms with Crippen LogP contribution in [-0.2, 0) is 35.2 Å². The summed E-state index contributed by atoms with van der Waals surface area (Å²) in [6, 6.07) is 22.3. The number of carbonyl (C=O) groups excluding carboxylic acids is 2. The van der Waals surface area contributed by atoms with Crippen LogP contribution in [0.3, 0.4) is 0 Å². The van der Waals surface area contributed by atoms with Gasteiger partial charge < -0.3 is 15.0 Å². The molecule has 0 bridgehead atoms. The molecule has 3 aromatic rings. The molecule has 8 heteroatoms. The number of likely N-dealkylation sites (tertiary alicyclic amines) is 1. The highest BCUT2D eigenvalue weighted by Gasteiger charge is 2.42. The van der Waals surface area contributed by atoms with E-state index in [9.17, 15) is 22.8 Å². The molecule has 0 aromatic heterocycles. The van der Waals surface area contributed by atoms with Crippen molar-refractivity contribution in [2.75, 3.05) is 20.2 Å². The fourth-order valence-corrected chi connectivity index (χ4v) is 5.08. The largest absolute Gasteiger partial charge is 0.497 e. The molecule has 1 fully saturated rings. The van der Waals surface area contributed by atoms with Crippen molar-refractivity contribution in [1.82, 2.24) is 10.2 Å². The van der Waals surface area contributed by atoms with Crippen molar-refractivity contribution in [3.63, 3.8) is 0 Å². The molecule has 1 N–H and O–H groups in total. The molecule has 4 rings (SSSR count). The molecule has 1 heterocycles. The molecule has 0 saturated carbocycles. The minimum atomic E-state index is -4.44. The van der Waals surface area contributed by atoms with Crippen LogP contribution in [0.5, 0.6) is 5.75 Å². The molecule has 0 aliphatic carbocycles. The van der Waals surface area contributed by atoms with Crippen molar-refractivity contribution < 1.29 is 27.5 Å². The Morgan fingerprint density at radius 3 is 2.21 bits per heavy atom. The predicted octanol–water partition coefficient (Wildman–Crippen LogP) is 5.81. The maximum absolute atomic E-state index is 13.6. The van der Waals surface area contributed by atoms with Crippen LogP contribution in [0.2, 0.25) is 0 Å². The van der Waals surface area contributed by atoms with Crippen molar-refractivity contribution in [2.24, 2.45) is 5.41 Å². The first-order chi connectivity index (χ1) is 18.7. The Bertz CT molecular complexity index is 1250. The molecular formula is C31H33F3N2O3. The Morgan fingerprint density at radius 1 is 0.897 bits per heavy atom. The van der Waals surface area contributed by atoms with E-state index in [1.807, 2.05) is 59.5 Å². The maximum atomic E-state index is 13.6. The van der Waals surface area contributed by atoms with Crippen LogP contribution >= 0.6 is 0 Å². The van der Waals surface area contributed by atoms with Crippen LogP contribution in [0.4, 0.5) is 13.2 Å². The second-order valence-electron chi connectivity index (χ2n) is 10.1. The molecule has 0 atom stereocenters. The molecule has 3 aromatic carbocycles. The average Bonchev–Trinajstić information content (AvgIpc) is 2.95. The van der Waals surface area contributed by atoms with E-state index in [1.165, 1.54) is 6.07 Å². The van der Waals surface area contributed by atoms with Crippen molar-refractivity contribution >= 4 is 11.8 Å². The first-order valence-electron chi connectivity index (χ1n) is 13.1. The quantitative estimate of drug-likeness (QED) is 0.374. The fraction of sp³-hybridized carbons (Fsp3) is 0.355. The van der Waals surface area contributed by atoms with Gasteiger partial charge in [0.1, 0.15) is 5.75 Å². The Hall–Kier alpha value is -3.81. The van der Waals surface area contributed by atoms with Gasteiger partial charge in [0, 0.05) is 26.1 Å². The van der Waals surface area contributed by atoms with E-state index in [1.54, 1.807) is 13.2 Å². The number of ether oxygens (including phenoxy) is 1. The number of alkyl halides is 3. The van der Waals surface area contributed by atoms with Crippen molar-refractivity contribution in [2.45, 2.75) is 44.8 Å². The lowest BCUT2D eigenvalue weighted by molar-refractivity contribution is -0.140. The Labute approximate surface area is 227 Å². The Morgan fingerprint density at radius 2 is 1.56 bits per heavy atom. The predicted molar refractivity (Wildman–Crippen MR) is 143 cm³/mol. The lowest BCUT2D eigenvalue weighted by atomic mass is 9.72. The number of nitrogens with one attached hydrogen (secondary N) is 1. The second kappa shape index (κ2) is 12.4. The van der Waals surface area contributed by atoms with Crippen LogP contribution in [0.25, 0.3) is 0 Å². The zero-order valence-corrected chi connectivity index (χ0v) is 22.0. The van der Waals surface area contributed by atoms with Gasteiger partial charge in [-0.25, -0.2) is 0 Å². The average molecular weight is 539 g/mol. The van der Waals surface area contributed by atoms with Gasteiger partial charge in [-0.05, 0) is 66.6 Å². The minimum absolute atomic E-state index is 0.00377. The van der Waals surface area contributed by atoms with Crippen molar-refractivity contribution in [3.8, 4) is 5.75 Å². The van der Waals surface area contributed by atoms with Crippen LogP contribution in [-0.4, -0.2) is 36.9 Å². The van der Waals surface area contributed by atoms with Gasteiger partial charge in [0.2, 0.25) is 11.8 Å². The zero-order valence-electron chi connectivity index (χ0n) is 22.0. The summed E-state index contributed by atoms with van der Waals surface area (Å²) in [5, 5.41) is 2.89. The molecule has 1 aliphatic heterocycles. The van der Waals surface area contributed by atoms with Gasteiger partial charge in [-0.2, -0.15) is 13.2 Å². The van der Waals surface area contributed by atoms with Gasteiger partial charge in [-0.15, -0.1) is 0 Å². The third-order valence-corrected chi connectivity index (χ3v) is 7.43. The highest BCUT2D eigenvalue weighted by molar-refractivity contribution is 5.84. The summed E-state index contributed by atoms with van der Waals surface area (Å²) >= 11 is 0. The van der Waals surface area contributed by atoms with E-state index in [4.69, 9.17) is 4.74 Å². The number of methoxy groups -OCH3 is 1. The van der Waals surface area contributed by atoms with Crippen LogP contribution in [0, 0.1) is 5.41 Å². The van der Waals surface area contributed by atoms with Crippen molar-refractivity contribution in [3.05, 3.63) is 101 Å². The van der Waals surface area contributed by atoms with E-state index in [0.717, 1.165) is 29.0 Å². The topological polar surface area (TPSA) is 58.6 Å². The molecular weight excluding hydrogens is 505 g/mol. The van der Waals surface area contributed by atoms with E-state index >= 15 is 0 Å². The number of carbonyl (C=O) groups is 2. The number of hydrogen-bond acceptors (Lipinski definition) is 3. The van der Waals surface area contributed by atoms with E-state index in [0.29, 0.717) is 50.8 Å². The summed E-state index contributed by atoms with van der Waals surface area (Å²) in [7, 11) is 1.61. The normalized spacial score (nSPS) is 15.0. The van der Waals surface area contributed by atoms with Crippen LogP contribution in [0.15, 0.2) is 78.9 Å². The first-order valence-corrected chi connectivity index (χ1v) is 13.1. The van der Waals surface area contributed by atoms with Gasteiger partial charge in [-0.3, -0.25) is 9.59 Å². The van der Waals surface area contributed by atoms with Crippen LogP contribution < -0.4 is 10.1 Å². The fourth-order valence-electron chi connectivity index (χ4n) is 5.08. The molecule has 5 nitrogen and oxygen atoms in total. The smallest absolute Gasteiger partial charge is 0.416 e. The number of nitrogens with zero attached hydrogens (tertiary/aromatic N) is 1. The second-order valence-corrected chi connectivity index (χ2v) is 10.1. The summed E-state index contributed by atoms with van der Waals surface area (Å²) < 4.78 is 44.5. The van der Waals surface area contributed by atoms with E-state index < -0.39 is 17.2 Å². The third-order valence-electron chi connectivity index (χ3n) is 7.43. The van der Waals surface area contributed by atoms with Gasteiger partial charge in [0.15, 0.2) is 0 Å². The maximum Gasteiger partial charge on any atom is 0.416 e. The minimum Gasteiger partial charge on any atom is -0.497 e. The molecule has 206 valence electrons. The number of hydrogen-bond donors (Lipinski definition) is 1. The summed E-state index contributed by atoms with van der Waals surface area (Å²) in [5.74, 6) is 0.611. The number of amides is 2. The lowest BCUT2D eigenvalue weighted by Crippen LogP contribution is -2.51. The van der Waals surface area contributed by atoms with E-state index in [-0.39, 0.29) is 18.4 Å². The standard InChI is InChI=1S/C31H33F3N2O3/c1-39-27-13-10-23(11-14-27)12-15-28(37)36-18-16-30(17-19-36,21-24-6-3-2-4-7-24)29(38)35-22-25-8-5-9-26(20-25)31(32,33)34/h2-11,13-14,20H,12,15-19,21-22H2,1H3,(H,35,38). The summed E-state index contributed by atoms with van der Waals surface area (Å²) in [6.07, 6.45) is -2.00. The third kappa shape index (κ3) is 7.40. The van der Waals surface area contributed by atoms with E-state index in [2.05, 4.69) is 5.32 Å². The molecule has 2 amide bonds. The van der Waals surface area contributed by atoms with Gasteiger partial charge in [0.25, 0.3) is 0 Å². The van der Waals surface area contributed by atoms with Gasteiger partial charge in [-0.1, -0.05) is 54.6 Å². The Kier molecular flexibility index (Phi) is 8.94. The molecule has 0 unspecified atom stereocenters. The zero-order chi connectivity index (χ0) is 27.9. The highest BCUT2D eigenvalue weighted by Crippen LogP contribution is 2.36. The summed E-state index contributed by atoms with van der Waals surface area (Å²) in [5.41, 5.74) is 0.948. The SMILES string of the molecule is COc1ccc(CCC(=O)N2CCC(Cc3ccccc3)(C(=O)NCc3cccc(C(F)(F)F)c3)CC2)cc1. The lowest BCUT2D eigenvalue weighted by Gasteiger charge is -2.41. The molecule has 1 aliphatic rings. The first kappa shape index (κ1) is 28.2. The monoisotopic (exact) mass is 538 g/mol. The molecule has 0 spiro atoms. The molecule has 1 saturated heterocycles. The number of halogens is 3. The number of benzene rings is 3. The number of aryl methyl sites for hydroxylation is 1. The van der Waals surface area contributed by atoms with Gasteiger partial charge >= 0.3 is 6.18 Å². The summed E-state index contributed by atoms with van der Waals surface area (Å²) in [6.45, 7) is 0.903. The Balaban J connectivity index is 1.40. The number of piperidine rings is 1. The molecule has 39 heavy (non-hydrogen) atoms. The molecule has 0 radical (unpaired) electrons. The number of rotatable bonds is 9. The van der Waals surface area contributed by atoms with Crippen molar-refractivity contribution in [1.29, 1.82) is 0 Å².